The highest BCUT2D eigenvalue weighted by atomic mass is 16.5. The third kappa shape index (κ3) is 23.8. The van der Waals surface area contributed by atoms with E-state index in [-0.39, 0.29) is 5.97 Å². The van der Waals surface area contributed by atoms with E-state index >= 15 is 0 Å². The molecule has 0 amide bonds. The number of ether oxygens (including phenoxy) is 1. The minimum Gasteiger partial charge on any atom is -0.461 e. The molecular weight excluding hydrogens is 396 g/mol. The summed E-state index contributed by atoms with van der Waals surface area (Å²) in [5.41, 5.74) is 5.72. The molecule has 0 aliphatic rings. The molecule has 4 nitrogen and oxygen atoms in total. The van der Waals surface area contributed by atoms with Crippen LogP contribution in [0, 0.1) is 0 Å². The Labute approximate surface area is 200 Å². The second-order valence-electron chi connectivity index (χ2n) is 9.27. The van der Waals surface area contributed by atoms with Crippen LogP contribution in [0.1, 0.15) is 129 Å². The summed E-state index contributed by atoms with van der Waals surface area (Å²) in [5.74, 6) is -0.0486. The third-order valence-electron chi connectivity index (χ3n) is 6.09. The summed E-state index contributed by atoms with van der Waals surface area (Å²) < 4.78 is 5.29. The summed E-state index contributed by atoms with van der Waals surface area (Å²) in [6.07, 6.45) is 26.0. The van der Waals surface area contributed by atoms with Gasteiger partial charge in [0.15, 0.2) is 0 Å². The van der Waals surface area contributed by atoms with Gasteiger partial charge in [0.2, 0.25) is 0 Å². The lowest BCUT2D eigenvalue weighted by Crippen LogP contribution is -2.28. The number of esters is 1. The molecule has 0 radical (unpaired) electrons. The molecule has 0 heterocycles. The number of unbranched alkanes of at least 4 members (excludes halogenated alkanes) is 13. The fourth-order valence-corrected chi connectivity index (χ4v) is 3.99. The van der Waals surface area contributed by atoms with E-state index in [0.717, 1.165) is 38.8 Å². The minimum atomic E-state index is -0.0486. The SMILES string of the molecule is CCCCCC/C=C\COC(=O)CCCCCCCN(CCCN)CCCCCCCC. The molecule has 0 rings (SSSR count). The quantitative estimate of drug-likeness (QED) is 0.0890. The Balaban J connectivity index is 3.61. The lowest BCUT2D eigenvalue weighted by Gasteiger charge is -2.22. The van der Waals surface area contributed by atoms with Crippen molar-refractivity contribution in [2.24, 2.45) is 5.73 Å². The van der Waals surface area contributed by atoms with Crippen molar-refractivity contribution in [1.29, 1.82) is 0 Å². The molecule has 0 fully saturated rings. The Morgan fingerprint density at radius 3 is 1.84 bits per heavy atom. The van der Waals surface area contributed by atoms with Gasteiger partial charge in [-0.1, -0.05) is 96.6 Å². The lowest BCUT2D eigenvalue weighted by molar-refractivity contribution is -0.142. The molecule has 0 unspecified atom stereocenters. The minimum absolute atomic E-state index is 0.0486. The molecular formula is C28H56N2O2. The fraction of sp³-hybridized carbons (Fsp3) is 0.893. The maximum atomic E-state index is 11.8. The van der Waals surface area contributed by atoms with Crippen molar-refractivity contribution in [3.05, 3.63) is 12.2 Å². The molecule has 32 heavy (non-hydrogen) atoms. The summed E-state index contributed by atoms with van der Waals surface area (Å²) in [6.45, 7) is 9.29. The molecule has 0 bridgehead atoms. The molecule has 4 heteroatoms. The Morgan fingerprint density at radius 1 is 0.688 bits per heavy atom. The van der Waals surface area contributed by atoms with Crippen LogP contribution in [0.2, 0.25) is 0 Å². The highest BCUT2D eigenvalue weighted by Gasteiger charge is 2.05. The molecule has 0 spiro atoms. The second-order valence-corrected chi connectivity index (χ2v) is 9.27. The Morgan fingerprint density at radius 2 is 1.22 bits per heavy atom. The van der Waals surface area contributed by atoms with Crippen LogP contribution in [0.5, 0.6) is 0 Å². The number of hydrogen-bond acceptors (Lipinski definition) is 4. The summed E-state index contributed by atoms with van der Waals surface area (Å²) in [6, 6.07) is 0. The van der Waals surface area contributed by atoms with Crippen LogP contribution in [-0.4, -0.2) is 43.7 Å². The number of allylic oxidation sites excluding steroid dienone is 1. The van der Waals surface area contributed by atoms with Crippen LogP contribution in [0.3, 0.4) is 0 Å². The molecule has 0 aromatic carbocycles. The molecule has 0 aromatic rings. The van der Waals surface area contributed by atoms with Gasteiger partial charge in [0.25, 0.3) is 0 Å². The van der Waals surface area contributed by atoms with Crippen LogP contribution < -0.4 is 5.73 Å². The summed E-state index contributed by atoms with van der Waals surface area (Å²) in [4.78, 5) is 14.4. The van der Waals surface area contributed by atoms with Crippen LogP contribution in [0.25, 0.3) is 0 Å². The number of rotatable bonds is 25. The molecule has 0 atom stereocenters. The highest BCUT2D eigenvalue weighted by Crippen LogP contribution is 2.10. The van der Waals surface area contributed by atoms with Gasteiger partial charge in [-0.2, -0.15) is 0 Å². The fourth-order valence-electron chi connectivity index (χ4n) is 3.99. The van der Waals surface area contributed by atoms with Gasteiger partial charge in [-0.05, 0) is 64.7 Å². The standard InChI is InChI=1S/C28H56N2O2/c1-3-5-7-9-11-16-20-27-32-28(31)22-17-13-12-15-19-25-30(26-21-23-29)24-18-14-10-8-6-4-2/h16,20H,3-15,17-19,21-27,29H2,1-2H3/b20-16-. The average molecular weight is 453 g/mol. The number of nitrogens with two attached hydrogens (primary N) is 1. The number of nitrogens with zero attached hydrogens (tertiary/aromatic N) is 1. The van der Waals surface area contributed by atoms with Crippen molar-refractivity contribution in [1.82, 2.24) is 4.90 Å². The zero-order valence-electron chi connectivity index (χ0n) is 21.8. The topological polar surface area (TPSA) is 55.6 Å². The Hall–Kier alpha value is -0.870. The lowest BCUT2D eigenvalue weighted by atomic mass is 10.1. The monoisotopic (exact) mass is 452 g/mol. The van der Waals surface area contributed by atoms with E-state index < -0.39 is 0 Å². The van der Waals surface area contributed by atoms with E-state index in [2.05, 4.69) is 24.8 Å². The maximum absolute atomic E-state index is 11.8. The van der Waals surface area contributed by atoms with Crippen molar-refractivity contribution >= 4 is 5.97 Å². The van der Waals surface area contributed by atoms with Gasteiger partial charge in [0, 0.05) is 6.42 Å². The van der Waals surface area contributed by atoms with Crippen LogP contribution in [-0.2, 0) is 9.53 Å². The van der Waals surface area contributed by atoms with Gasteiger partial charge in [-0.25, -0.2) is 0 Å². The molecule has 0 aliphatic carbocycles. The molecule has 190 valence electrons. The van der Waals surface area contributed by atoms with E-state index in [9.17, 15) is 4.79 Å². The van der Waals surface area contributed by atoms with E-state index in [1.54, 1.807) is 0 Å². The predicted octanol–water partition coefficient (Wildman–Crippen LogP) is 7.41. The van der Waals surface area contributed by atoms with Gasteiger partial charge < -0.3 is 15.4 Å². The number of carbonyl (C=O) groups excluding carboxylic acids is 1. The summed E-state index contributed by atoms with van der Waals surface area (Å²) in [7, 11) is 0. The second kappa shape index (κ2) is 26.4. The Kier molecular flexibility index (Phi) is 25.7. The highest BCUT2D eigenvalue weighted by molar-refractivity contribution is 5.69. The van der Waals surface area contributed by atoms with Gasteiger partial charge in [0.05, 0.1) is 0 Å². The first-order chi connectivity index (χ1) is 15.7. The van der Waals surface area contributed by atoms with E-state index in [0.29, 0.717) is 13.0 Å². The van der Waals surface area contributed by atoms with E-state index in [4.69, 9.17) is 10.5 Å². The first-order valence-electron chi connectivity index (χ1n) is 14.0. The first-order valence-corrected chi connectivity index (χ1v) is 14.0. The zero-order valence-corrected chi connectivity index (χ0v) is 21.8. The summed E-state index contributed by atoms with van der Waals surface area (Å²) >= 11 is 0. The van der Waals surface area contributed by atoms with Crippen molar-refractivity contribution in [3.63, 3.8) is 0 Å². The normalized spacial score (nSPS) is 11.6. The molecule has 0 saturated carbocycles. The Bertz CT molecular complexity index is 412. The largest absolute Gasteiger partial charge is 0.461 e. The first kappa shape index (κ1) is 31.1. The average Bonchev–Trinajstić information content (AvgIpc) is 2.80. The number of hydrogen-bond donors (Lipinski definition) is 1. The van der Waals surface area contributed by atoms with Crippen molar-refractivity contribution in [2.75, 3.05) is 32.8 Å². The van der Waals surface area contributed by atoms with Crippen LogP contribution in [0.4, 0.5) is 0 Å². The van der Waals surface area contributed by atoms with Gasteiger partial charge in [-0.3, -0.25) is 4.79 Å². The van der Waals surface area contributed by atoms with Crippen molar-refractivity contribution in [2.45, 2.75) is 129 Å². The third-order valence-corrected chi connectivity index (χ3v) is 6.09. The van der Waals surface area contributed by atoms with Gasteiger partial charge >= 0.3 is 5.97 Å². The molecule has 0 aromatic heterocycles. The van der Waals surface area contributed by atoms with E-state index in [1.807, 2.05) is 6.08 Å². The van der Waals surface area contributed by atoms with Gasteiger partial charge in [0.1, 0.15) is 6.61 Å². The molecule has 2 N–H and O–H groups in total. The predicted molar refractivity (Wildman–Crippen MR) is 140 cm³/mol. The zero-order chi connectivity index (χ0) is 23.5. The van der Waals surface area contributed by atoms with Crippen molar-refractivity contribution < 1.29 is 9.53 Å². The molecule has 0 saturated heterocycles. The smallest absolute Gasteiger partial charge is 0.306 e. The van der Waals surface area contributed by atoms with Crippen LogP contribution >= 0.6 is 0 Å². The number of carbonyl (C=O) groups is 1. The maximum Gasteiger partial charge on any atom is 0.306 e. The molecule has 0 aliphatic heterocycles. The summed E-state index contributed by atoms with van der Waals surface area (Å²) in [5, 5.41) is 0. The van der Waals surface area contributed by atoms with E-state index in [1.165, 1.54) is 96.6 Å². The van der Waals surface area contributed by atoms with Crippen LogP contribution in [0.15, 0.2) is 12.2 Å². The van der Waals surface area contributed by atoms with Gasteiger partial charge in [-0.15, -0.1) is 0 Å². The van der Waals surface area contributed by atoms with Crippen molar-refractivity contribution in [3.8, 4) is 0 Å².